The Hall–Kier alpha value is 0.230. The molecule has 0 aliphatic heterocycles. The standard InChI is InChI=1S/C9H16BrF3O/c1-7(2)8(5-10)6-14-4-3-9(11,12)13/h7-8H,3-6H2,1-2H3. The van der Waals surface area contributed by atoms with Crippen LogP contribution in [0.1, 0.15) is 20.3 Å². The second kappa shape index (κ2) is 6.67. The molecule has 1 atom stereocenters. The molecule has 0 rings (SSSR count). The second-order valence-electron chi connectivity index (χ2n) is 3.60. The molecule has 14 heavy (non-hydrogen) atoms. The molecule has 0 aromatic heterocycles. The van der Waals surface area contributed by atoms with Gasteiger partial charge in [-0.25, -0.2) is 0 Å². The molecule has 0 aliphatic carbocycles. The molecule has 0 radical (unpaired) electrons. The van der Waals surface area contributed by atoms with Crippen molar-refractivity contribution < 1.29 is 17.9 Å². The smallest absolute Gasteiger partial charge is 0.381 e. The summed E-state index contributed by atoms with van der Waals surface area (Å²) in [6, 6.07) is 0. The van der Waals surface area contributed by atoms with Crippen molar-refractivity contribution in [3.8, 4) is 0 Å². The minimum Gasteiger partial charge on any atom is -0.381 e. The fraction of sp³-hybridized carbons (Fsp3) is 1.00. The van der Waals surface area contributed by atoms with Crippen molar-refractivity contribution in [1.29, 1.82) is 0 Å². The Morgan fingerprint density at radius 2 is 1.86 bits per heavy atom. The number of halogens is 4. The second-order valence-corrected chi connectivity index (χ2v) is 4.25. The van der Waals surface area contributed by atoms with Crippen LogP contribution >= 0.6 is 15.9 Å². The van der Waals surface area contributed by atoms with Crippen molar-refractivity contribution in [3.63, 3.8) is 0 Å². The first-order valence-corrected chi connectivity index (χ1v) is 5.69. The van der Waals surface area contributed by atoms with Crippen molar-refractivity contribution in [2.75, 3.05) is 18.5 Å². The monoisotopic (exact) mass is 276 g/mol. The topological polar surface area (TPSA) is 9.23 Å². The maximum Gasteiger partial charge on any atom is 0.391 e. The van der Waals surface area contributed by atoms with Gasteiger partial charge in [-0.2, -0.15) is 13.2 Å². The lowest BCUT2D eigenvalue weighted by atomic mass is 9.99. The molecule has 0 N–H and O–H groups in total. The number of hydrogen-bond donors (Lipinski definition) is 0. The van der Waals surface area contributed by atoms with Gasteiger partial charge in [-0.3, -0.25) is 0 Å². The van der Waals surface area contributed by atoms with E-state index in [0.29, 0.717) is 12.5 Å². The SMILES string of the molecule is CC(C)C(CBr)COCCC(F)(F)F. The summed E-state index contributed by atoms with van der Waals surface area (Å²) in [7, 11) is 0. The number of rotatable bonds is 6. The van der Waals surface area contributed by atoms with Crippen molar-refractivity contribution in [2.24, 2.45) is 11.8 Å². The first kappa shape index (κ1) is 14.2. The van der Waals surface area contributed by atoms with E-state index in [2.05, 4.69) is 15.9 Å². The van der Waals surface area contributed by atoms with Crippen LogP contribution in [0.25, 0.3) is 0 Å². The highest BCUT2D eigenvalue weighted by molar-refractivity contribution is 9.09. The lowest BCUT2D eigenvalue weighted by molar-refractivity contribution is -0.146. The first-order chi connectivity index (χ1) is 6.37. The molecule has 0 heterocycles. The van der Waals surface area contributed by atoms with Crippen LogP contribution in [0.15, 0.2) is 0 Å². The van der Waals surface area contributed by atoms with Crippen LogP contribution in [0, 0.1) is 11.8 Å². The van der Waals surface area contributed by atoms with Crippen molar-refractivity contribution in [2.45, 2.75) is 26.4 Å². The Bertz CT molecular complexity index is 147. The fourth-order valence-electron chi connectivity index (χ4n) is 0.838. The van der Waals surface area contributed by atoms with Gasteiger partial charge in [0.05, 0.1) is 19.6 Å². The summed E-state index contributed by atoms with van der Waals surface area (Å²) in [5, 5.41) is 0.761. The number of ether oxygens (including phenoxy) is 1. The van der Waals surface area contributed by atoms with E-state index >= 15 is 0 Å². The van der Waals surface area contributed by atoms with E-state index in [1.165, 1.54) is 0 Å². The zero-order valence-electron chi connectivity index (χ0n) is 8.40. The minimum absolute atomic E-state index is 0.236. The zero-order valence-corrected chi connectivity index (χ0v) is 9.99. The molecular weight excluding hydrogens is 261 g/mol. The van der Waals surface area contributed by atoms with Crippen LogP contribution in [0.4, 0.5) is 13.2 Å². The minimum atomic E-state index is -4.11. The maximum atomic E-state index is 11.7. The van der Waals surface area contributed by atoms with E-state index in [9.17, 15) is 13.2 Å². The summed E-state index contributed by atoms with van der Waals surface area (Å²) in [4.78, 5) is 0. The predicted octanol–water partition coefficient (Wildman–Crippen LogP) is 3.62. The summed E-state index contributed by atoms with van der Waals surface area (Å²) in [6.45, 7) is 4.21. The van der Waals surface area contributed by atoms with E-state index in [4.69, 9.17) is 4.74 Å². The molecule has 0 aromatic carbocycles. The highest BCUT2D eigenvalue weighted by Crippen LogP contribution is 2.20. The molecule has 0 spiro atoms. The molecule has 0 fully saturated rings. The van der Waals surface area contributed by atoms with Gasteiger partial charge < -0.3 is 4.74 Å². The van der Waals surface area contributed by atoms with Gasteiger partial charge in [0.15, 0.2) is 0 Å². The van der Waals surface area contributed by atoms with E-state index in [-0.39, 0.29) is 12.5 Å². The quantitative estimate of drug-likeness (QED) is 0.532. The van der Waals surface area contributed by atoms with Crippen molar-refractivity contribution in [3.05, 3.63) is 0 Å². The van der Waals surface area contributed by atoms with E-state index < -0.39 is 12.6 Å². The van der Waals surface area contributed by atoms with E-state index in [1.54, 1.807) is 0 Å². The van der Waals surface area contributed by atoms with Crippen LogP contribution in [0.5, 0.6) is 0 Å². The van der Waals surface area contributed by atoms with Gasteiger partial charge >= 0.3 is 6.18 Å². The summed E-state index contributed by atoms with van der Waals surface area (Å²) >= 11 is 3.31. The molecule has 1 nitrogen and oxygen atoms in total. The Morgan fingerprint density at radius 1 is 1.29 bits per heavy atom. The number of hydrogen-bond acceptors (Lipinski definition) is 1. The van der Waals surface area contributed by atoms with E-state index in [0.717, 1.165) is 5.33 Å². The zero-order chi connectivity index (χ0) is 11.2. The molecular formula is C9H16BrF3O. The van der Waals surface area contributed by atoms with E-state index in [1.807, 2.05) is 13.8 Å². The van der Waals surface area contributed by atoms with Crippen LogP contribution < -0.4 is 0 Å². The molecule has 5 heteroatoms. The summed E-state index contributed by atoms with van der Waals surface area (Å²) in [6.07, 6.45) is -4.97. The molecule has 86 valence electrons. The Kier molecular flexibility index (Phi) is 6.78. The highest BCUT2D eigenvalue weighted by Gasteiger charge is 2.26. The third-order valence-corrected chi connectivity index (χ3v) is 2.83. The molecule has 0 saturated heterocycles. The lowest BCUT2D eigenvalue weighted by Gasteiger charge is -2.18. The molecule has 0 aromatic rings. The summed E-state index contributed by atoms with van der Waals surface area (Å²) in [5.74, 6) is 0.698. The summed E-state index contributed by atoms with van der Waals surface area (Å²) in [5.41, 5.74) is 0. The molecule has 0 amide bonds. The Balaban J connectivity index is 3.52. The fourth-order valence-corrected chi connectivity index (χ4v) is 1.77. The summed E-state index contributed by atoms with van der Waals surface area (Å²) < 4.78 is 40.2. The Labute approximate surface area is 91.1 Å². The molecule has 1 unspecified atom stereocenters. The normalized spacial score (nSPS) is 14.8. The van der Waals surface area contributed by atoms with Gasteiger partial charge in [0.25, 0.3) is 0 Å². The Morgan fingerprint density at radius 3 is 2.21 bits per heavy atom. The molecule has 0 saturated carbocycles. The van der Waals surface area contributed by atoms with Gasteiger partial charge in [0.2, 0.25) is 0 Å². The average molecular weight is 277 g/mol. The maximum absolute atomic E-state index is 11.7. The highest BCUT2D eigenvalue weighted by atomic mass is 79.9. The average Bonchev–Trinajstić information content (AvgIpc) is 2.01. The van der Waals surface area contributed by atoms with Crippen LogP contribution in [-0.2, 0) is 4.74 Å². The largest absolute Gasteiger partial charge is 0.391 e. The van der Waals surface area contributed by atoms with Gasteiger partial charge in [-0.15, -0.1) is 0 Å². The number of alkyl halides is 4. The van der Waals surface area contributed by atoms with Crippen molar-refractivity contribution in [1.82, 2.24) is 0 Å². The van der Waals surface area contributed by atoms with Gasteiger partial charge in [0, 0.05) is 5.33 Å². The van der Waals surface area contributed by atoms with Gasteiger partial charge in [-0.05, 0) is 11.8 Å². The van der Waals surface area contributed by atoms with Crippen molar-refractivity contribution >= 4 is 15.9 Å². The van der Waals surface area contributed by atoms with Gasteiger partial charge in [-0.1, -0.05) is 29.8 Å². The van der Waals surface area contributed by atoms with Gasteiger partial charge in [0.1, 0.15) is 0 Å². The predicted molar refractivity (Wildman–Crippen MR) is 53.6 cm³/mol. The molecule has 0 bridgehead atoms. The lowest BCUT2D eigenvalue weighted by Crippen LogP contribution is -2.19. The first-order valence-electron chi connectivity index (χ1n) is 4.57. The van der Waals surface area contributed by atoms with Crippen LogP contribution in [0.2, 0.25) is 0 Å². The van der Waals surface area contributed by atoms with Crippen LogP contribution in [-0.4, -0.2) is 24.7 Å². The third kappa shape index (κ3) is 7.62. The molecule has 0 aliphatic rings. The van der Waals surface area contributed by atoms with Crippen LogP contribution in [0.3, 0.4) is 0 Å². The third-order valence-electron chi connectivity index (χ3n) is 2.00.